The zero-order chi connectivity index (χ0) is 18.7. The summed E-state index contributed by atoms with van der Waals surface area (Å²) in [7, 11) is 0. The highest BCUT2D eigenvalue weighted by molar-refractivity contribution is 7.12. The van der Waals surface area contributed by atoms with Crippen molar-refractivity contribution in [1.29, 1.82) is 21.2 Å². The van der Waals surface area contributed by atoms with Crippen LogP contribution in [0.5, 0.6) is 0 Å². The van der Waals surface area contributed by atoms with Gasteiger partial charge in [-0.25, -0.2) is 0 Å². The van der Waals surface area contributed by atoms with E-state index in [4.69, 9.17) is 5.41 Å². The van der Waals surface area contributed by atoms with Crippen LogP contribution in [-0.4, -0.2) is 5.71 Å². The highest BCUT2D eigenvalue weighted by Gasteiger charge is 2.57. The second kappa shape index (κ2) is 7.45. The summed E-state index contributed by atoms with van der Waals surface area (Å²) in [6.07, 6.45) is 8.10. The van der Waals surface area contributed by atoms with Crippen LogP contribution in [0, 0.1) is 56.7 Å². The maximum Gasteiger partial charge on any atom is 0.190 e. The fraction of sp³-hybridized carbons (Fsp3) is 0.524. The number of thiophene rings is 1. The fourth-order valence-corrected chi connectivity index (χ4v) is 5.65. The van der Waals surface area contributed by atoms with Gasteiger partial charge in [-0.15, -0.1) is 11.3 Å². The van der Waals surface area contributed by atoms with Crippen molar-refractivity contribution in [2.45, 2.75) is 51.4 Å². The van der Waals surface area contributed by atoms with E-state index in [2.05, 4.69) is 37.3 Å². The van der Waals surface area contributed by atoms with Gasteiger partial charge in [0.15, 0.2) is 5.41 Å². The first-order valence-corrected chi connectivity index (χ1v) is 10.0. The Hall–Kier alpha value is -2.42. The molecular weight excluding hydrogens is 340 g/mol. The molecule has 1 N–H and O–H groups in total. The van der Waals surface area contributed by atoms with Crippen LogP contribution in [-0.2, 0) is 6.42 Å². The summed E-state index contributed by atoms with van der Waals surface area (Å²) >= 11 is 1.67. The molecule has 0 saturated heterocycles. The Bertz CT molecular complexity index is 844. The smallest absolute Gasteiger partial charge is 0.190 e. The Labute approximate surface area is 158 Å². The van der Waals surface area contributed by atoms with Crippen LogP contribution >= 0.6 is 11.3 Å². The molecule has 1 aromatic heterocycles. The van der Waals surface area contributed by atoms with Gasteiger partial charge < -0.3 is 5.41 Å². The monoisotopic (exact) mass is 362 g/mol. The third kappa shape index (κ3) is 2.76. The molecule has 1 fully saturated rings. The number of nitrogens with one attached hydrogen (secondary N) is 1. The van der Waals surface area contributed by atoms with Crippen LogP contribution in [0.3, 0.4) is 0 Å². The first-order chi connectivity index (χ1) is 12.6. The Morgan fingerprint density at radius 2 is 2.04 bits per heavy atom. The Kier molecular flexibility index (Phi) is 5.26. The lowest BCUT2D eigenvalue weighted by atomic mass is 9.54. The lowest BCUT2D eigenvalue weighted by Gasteiger charge is -2.45. The van der Waals surface area contributed by atoms with Crippen molar-refractivity contribution in [1.82, 2.24) is 0 Å². The second-order valence-electron chi connectivity index (χ2n) is 7.13. The maximum absolute atomic E-state index is 9.96. The number of unbranched alkanes of at least 4 members (excludes halogenated alkanes) is 1. The summed E-state index contributed by atoms with van der Waals surface area (Å²) in [4.78, 5) is 2.28. The van der Waals surface area contributed by atoms with E-state index in [0.717, 1.165) is 49.0 Å². The quantitative estimate of drug-likeness (QED) is 0.754. The van der Waals surface area contributed by atoms with Gasteiger partial charge in [-0.05, 0) is 55.7 Å². The predicted octanol–water partition coefficient (Wildman–Crippen LogP) is 5.11. The number of hydrogen-bond donors (Lipinski definition) is 1. The molecule has 0 aromatic carbocycles. The van der Waals surface area contributed by atoms with Crippen molar-refractivity contribution >= 4 is 17.0 Å². The minimum Gasteiger partial charge on any atom is -0.305 e. The van der Waals surface area contributed by atoms with Crippen LogP contribution in [0.4, 0.5) is 0 Å². The number of nitriles is 3. The molecular formula is C21H22N4S. The van der Waals surface area contributed by atoms with E-state index < -0.39 is 11.3 Å². The van der Waals surface area contributed by atoms with E-state index in [1.54, 1.807) is 11.3 Å². The molecule has 1 saturated carbocycles. The zero-order valence-electron chi connectivity index (χ0n) is 15.0. The molecule has 3 atom stereocenters. The minimum absolute atomic E-state index is 0.000486. The van der Waals surface area contributed by atoms with Gasteiger partial charge in [-0.1, -0.05) is 19.4 Å². The number of fused-ring (bicyclic) bond motifs is 1. The van der Waals surface area contributed by atoms with E-state index in [1.807, 2.05) is 6.07 Å². The summed E-state index contributed by atoms with van der Waals surface area (Å²) in [5.41, 5.74) is -0.631. The third-order valence-corrected chi connectivity index (χ3v) is 6.92. The number of allylic oxidation sites excluding steroid dienone is 2. The molecule has 132 valence electrons. The van der Waals surface area contributed by atoms with Gasteiger partial charge in [0.2, 0.25) is 0 Å². The number of aryl methyl sites for hydroxylation is 1. The van der Waals surface area contributed by atoms with Crippen molar-refractivity contribution in [2.24, 2.45) is 17.3 Å². The van der Waals surface area contributed by atoms with E-state index in [-0.39, 0.29) is 17.5 Å². The van der Waals surface area contributed by atoms with Crippen molar-refractivity contribution in [2.75, 3.05) is 0 Å². The molecule has 4 nitrogen and oxygen atoms in total. The van der Waals surface area contributed by atoms with Crippen LogP contribution in [0.1, 0.15) is 54.7 Å². The van der Waals surface area contributed by atoms with Crippen molar-refractivity contribution < 1.29 is 0 Å². The molecule has 5 heteroatoms. The molecule has 0 radical (unpaired) electrons. The molecule has 1 aromatic rings. The highest BCUT2D eigenvalue weighted by atomic mass is 32.1. The van der Waals surface area contributed by atoms with Crippen molar-refractivity contribution in [3.05, 3.63) is 33.5 Å². The van der Waals surface area contributed by atoms with Gasteiger partial charge in [0.25, 0.3) is 0 Å². The Morgan fingerprint density at radius 1 is 1.27 bits per heavy atom. The molecule has 26 heavy (non-hydrogen) atoms. The minimum atomic E-state index is -1.55. The van der Waals surface area contributed by atoms with Crippen LogP contribution in [0.2, 0.25) is 0 Å². The van der Waals surface area contributed by atoms with E-state index in [0.29, 0.717) is 0 Å². The van der Waals surface area contributed by atoms with Crippen molar-refractivity contribution in [3.8, 4) is 18.2 Å². The predicted molar refractivity (Wildman–Crippen MR) is 102 cm³/mol. The molecule has 0 unspecified atom stereocenters. The summed E-state index contributed by atoms with van der Waals surface area (Å²) in [6, 6.07) is 10.6. The molecule has 2 aliphatic carbocycles. The number of nitrogens with zero attached hydrogens (tertiary/aromatic N) is 3. The summed E-state index contributed by atoms with van der Waals surface area (Å²) in [5, 5.41) is 38.1. The molecule has 2 aliphatic rings. The zero-order valence-corrected chi connectivity index (χ0v) is 15.8. The van der Waals surface area contributed by atoms with Gasteiger partial charge in [0, 0.05) is 15.7 Å². The Balaban J connectivity index is 2.12. The SMILES string of the molecule is CCCCc1ccc([C@@H]2[C@H]3CCCC=C3[C@H](C#N)C(=N)C2(C#N)C#N)s1. The number of hydrogen-bond acceptors (Lipinski definition) is 5. The van der Waals surface area contributed by atoms with Gasteiger partial charge >= 0.3 is 0 Å². The average Bonchev–Trinajstić information content (AvgIpc) is 3.14. The lowest BCUT2D eigenvalue weighted by Crippen LogP contribution is -2.48. The summed E-state index contributed by atoms with van der Waals surface area (Å²) in [5.74, 6) is -1.09. The number of rotatable bonds is 4. The molecule has 0 bridgehead atoms. The van der Waals surface area contributed by atoms with Gasteiger partial charge in [-0.2, -0.15) is 15.8 Å². The normalized spacial score (nSPS) is 26.8. The third-order valence-electron chi connectivity index (χ3n) is 5.69. The molecule has 3 rings (SSSR count). The Morgan fingerprint density at radius 3 is 2.69 bits per heavy atom. The van der Waals surface area contributed by atoms with Gasteiger partial charge in [0.05, 0.1) is 23.9 Å². The molecule has 0 aliphatic heterocycles. The second-order valence-corrected chi connectivity index (χ2v) is 8.33. The van der Waals surface area contributed by atoms with Crippen LogP contribution in [0.25, 0.3) is 0 Å². The topological polar surface area (TPSA) is 95.2 Å². The van der Waals surface area contributed by atoms with E-state index in [9.17, 15) is 15.8 Å². The van der Waals surface area contributed by atoms with E-state index >= 15 is 0 Å². The first-order valence-electron chi connectivity index (χ1n) is 9.22. The van der Waals surface area contributed by atoms with Crippen LogP contribution in [0.15, 0.2) is 23.8 Å². The molecule has 1 heterocycles. The largest absolute Gasteiger partial charge is 0.305 e. The lowest BCUT2D eigenvalue weighted by molar-refractivity contribution is 0.324. The van der Waals surface area contributed by atoms with Crippen LogP contribution < -0.4 is 0 Å². The van der Waals surface area contributed by atoms with Gasteiger partial charge in [0.1, 0.15) is 5.92 Å². The van der Waals surface area contributed by atoms with Gasteiger partial charge in [-0.3, -0.25) is 0 Å². The standard InChI is InChI=1S/C21H22N4S/c1-2-3-6-14-9-10-18(26-14)19-16-8-5-4-7-15(16)17(11-22)20(25)21(19,12-23)13-24/h7,9-10,16-17,19,25H,2-6,8H2,1H3/t16-,17-,19-/m0/s1. The summed E-state index contributed by atoms with van der Waals surface area (Å²) in [6.45, 7) is 2.16. The average molecular weight is 363 g/mol. The maximum atomic E-state index is 9.96. The molecule has 0 spiro atoms. The summed E-state index contributed by atoms with van der Waals surface area (Å²) < 4.78 is 0. The highest BCUT2D eigenvalue weighted by Crippen LogP contribution is 2.56. The molecule has 0 amide bonds. The fourth-order valence-electron chi connectivity index (χ4n) is 4.36. The first kappa shape index (κ1) is 18.4. The van der Waals surface area contributed by atoms with Crippen molar-refractivity contribution in [3.63, 3.8) is 0 Å². The van der Waals surface area contributed by atoms with E-state index in [1.165, 1.54) is 4.88 Å².